The largest absolute Gasteiger partial charge is 0.325 e. The number of aromatic amines is 1. The van der Waals surface area contributed by atoms with Crippen molar-refractivity contribution in [2.24, 2.45) is 0 Å². The average molecular weight is 387 g/mol. The monoisotopic (exact) mass is 387 g/mol. The van der Waals surface area contributed by atoms with Crippen LogP contribution in [0, 0.1) is 12.7 Å². The maximum atomic E-state index is 13.8. The summed E-state index contributed by atoms with van der Waals surface area (Å²) in [6.45, 7) is 1.84. The number of hydrogen-bond donors (Lipinski definition) is 2. The van der Waals surface area contributed by atoms with E-state index in [-0.39, 0.29) is 18.9 Å². The first-order valence-electron chi connectivity index (χ1n) is 8.57. The Labute approximate surface area is 157 Å². The molecule has 4 rings (SSSR count). The Kier molecular flexibility index (Phi) is 4.50. The van der Waals surface area contributed by atoms with E-state index in [2.05, 4.69) is 20.5 Å². The number of nitrogens with zero attached hydrogens (tertiary/aromatic N) is 3. The summed E-state index contributed by atoms with van der Waals surface area (Å²) < 4.78 is 42.3. The number of aromatic nitrogens is 4. The Morgan fingerprint density at radius 2 is 2.18 bits per heavy atom. The number of alkyl halides is 1. The highest BCUT2D eigenvalue weighted by Gasteiger charge is 2.17. The third-order valence-electron chi connectivity index (χ3n) is 4.50. The molecule has 1 aromatic carbocycles. The Balaban J connectivity index is 1.72. The van der Waals surface area contributed by atoms with E-state index in [4.69, 9.17) is 0 Å². The summed E-state index contributed by atoms with van der Waals surface area (Å²) in [7, 11) is 0. The van der Waals surface area contributed by atoms with Crippen LogP contribution in [0.25, 0.3) is 10.9 Å². The van der Waals surface area contributed by atoms with Gasteiger partial charge in [-0.1, -0.05) is 0 Å². The summed E-state index contributed by atoms with van der Waals surface area (Å²) in [5, 5.41) is 10.7. The number of rotatable bonds is 4. The Hall–Kier alpha value is -3.36. The maximum absolute atomic E-state index is 13.8. The van der Waals surface area contributed by atoms with Crippen molar-refractivity contribution in [2.75, 3.05) is 5.32 Å². The highest BCUT2D eigenvalue weighted by Crippen LogP contribution is 2.26. The van der Waals surface area contributed by atoms with E-state index in [1.165, 1.54) is 10.6 Å². The molecular weight excluding hydrogens is 371 g/mol. The number of benzene rings is 1. The minimum Gasteiger partial charge on any atom is -0.325 e. The molecule has 144 valence electrons. The third kappa shape index (κ3) is 3.55. The minimum atomic E-state index is -1.45. The molecule has 1 aliphatic carbocycles. The van der Waals surface area contributed by atoms with E-state index >= 15 is 0 Å². The number of nitrogens with one attached hydrogen (secondary N) is 2. The molecule has 1 atom stereocenters. The second kappa shape index (κ2) is 6.99. The summed E-state index contributed by atoms with van der Waals surface area (Å²) >= 11 is 0. The summed E-state index contributed by atoms with van der Waals surface area (Å²) in [4.78, 5) is 15.5. The van der Waals surface area contributed by atoms with Crippen molar-refractivity contribution in [3.8, 4) is 0 Å². The molecule has 9 heteroatoms. The number of anilines is 2. The van der Waals surface area contributed by atoms with Crippen molar-refractivity contribution in [3.05, 3.63) is 69.8 Å². The summed E-state index contributed by atoms with van der Waals surface area (Å²) in [5.41, 5.74) is 1.73. The van der Waals surface area contributed by atoms with Gasteiger partial charge in [0.25, 0.3) is 0 Å². The first-order valence-corrected chi connectivity index (χ1v) is 8.57. The van der Waals surface area contributed by atoms with Gasteiger partial charge in [-0.05, 0) is 42.3 Å². The molecule has 0 saturated carbocycles. The van der Waals surface area contributed by atoms with Gasteiger partial charge in [0.2, 0.25) is 11.8 Å². The first kappa shape index (κ1) is 18.0. The zero-order valence-electron chi connectivity index (χ0n) is 14.8. The molecule has 0 amide bonds. The molecule has 2 aromatic heterocycles. The SMILES string of the molecule is Cc1cc2[nH]ncc2cc1Nc1nc(=O)c(F)cn1CC1=CC(F)=CC(F)C1. The number of H-pyrrole nitrogens is 1. The van der Waals surface area contributed by atoms with E-state index < -0.39 is 23.4 Å². The molecule has 28 heavy (non-hydrogen) atoms. The fourth-order valence-corrected chi connectivity index (χ4v) is 3.16. The second-order valence-corrected chi connectivity index (χ2v) is 6.67. The average Bonchev–Trinajstić information content (AvgIpc) is 3.05. The normalized spacial score (nSPS) is 16.8. The summed E-state index contributed by atoms with van der Waals surface area (Å²) in [5.74, 6) is -1.65. The summed E-state index contributed by atoms with van der Waals surface area (Å²) in [6.07, 6.45) is 3.26. The summed E-state index contributed by atoms with van der Waals surface area (Å²) in [6, 6.07) is 3.68. The van der Waals surface area contributed by atoms with Crippen LogP contribution in [0.1, 0.15) is 12.0 Å². The van der Waals surface area contributed by atoms with Gasteiger partial charge in [0.05, 0.1) is 11.7 Å². The van der Waals surface area contributed by atoms with E-state index in [0.29, 0.717) is 11.3 Å². The van der Waals surface area contributed by atoms with Gasteiger partial charge in [-0.25, -0.2) is 8.78 Å². The van der Waals surface area contributed by atoms with Gasteiger partial charge in [-0.15, -0.1) is 0 Å². The van der Waals surface area contributed by atoms with Gasteiger partial charge in [0.1, 0.15) is 12.0 Å². The Bertz CT molecular complexity index is 1180. The predicted octanol–water partition coefficient (Wildman–Crippen LogP) is 3.83. The van der Waals surface area contributed by atoms with Gasteiger partial charge in [0, 0.05) is 30.2 Å². The number of halogens is 3. The molecule has 0 fully saturated rings. The number of aryl methyl sites for hydroxylation is 1. The van der Waals surface area contributed by atoms with Crippen LogP contribution < -0.4 is 10.9 Å². The quantitative estimate of drug-likeness (QED) is 0.713. The highest BCUT2D eigenvalue weighted by molar-refractivity contribution is 5.84. The molecule has 0 radical (unpaired) electrons. The van der Waals surface area contributed by atoms with Crippen molar-refractivity contribution in [2.45, 2.75) is 26.1 Å². The van der Waals surface area contributed by atoms with Crippen LogP contribution in [0.5, 0.6) is 0 Å². The van der Waals surface area contributed by atoms with Crippen LogP contribution in [0.3, 0.4) is 0 Å². The van der Waals surface area contributed by atoms with Crippen molar-refractivity contribution < 1.29 is 13.2 Å². The van der Waals surface area contributed by atoms with Gasteiger partial charge >= 0.3 is 5.56 Å². The van der Waals surface area contributed by atoms with Gasteiger partial charge < -0.3 is 9.88 Å². The molecule has 2 N–H and O–H groups in total. The smallest absolute Gasteiger partial charge is 0.310 e. The third-order valence-corrected chi connectivity index (χ3v) is 4.50. The molecular formula is C19H16F3N5O. The minimum absolute atomic E-state index is 0.0127. The van der Waals surface area contributed by atoms with E-state index in [1.54, 1.807) is 6.20 Å². The highest BCUT2D eigenvalue weighted by atomic mass is 19.1. The maximum Gasteiger partial charge on any atom is 0.310 e. The van der Waals surface area contributed by atoms with Crippen LogP contribution in [0.2, 0.25) is 0 Å². The van der Waals surface area contributed by atoms with Crippen molar-refractivity contribution >= 4 is 22.5 Å². The van der Waals surface area contributed by atoms with Crippen LogP contribution in [-0.4, -0.2) is 25.9 Å². The standard InChI is InChI=1S/C19H16F3N5O/c1-10-2-17-12(7-23-26-17)5-16(10)24-19-25-18(28)15(22)9-27(19)8-11-3-13(20)6-14(21)4-11/h2-3,5-7,9,14H,4,8H2,1H3,(H,23,26)(H,24,25,28). The van der Waals surface area contributed by atoms with Gasteiger partial charge in [-0.2, -0.15) is 14.5 Å². The van der Waals surface area contributed by atoms with Crippen LogP contribution in [0.4, 0.5) is 24.8 Å². The lowest BCUT2D eigenvalue weighted by Gasteiger charge is -2.19. The zero-order valence-corrected chi connectivity index (χ0v) is 14.8. The van der Waals surface area contributed by atoms with Crippen molar-refractivity contribution in [3.63, 3.8) is 0 Å². The molecule has 0 saturated heterocycles. The molecule has 0 aliphatic heterocycles. The molecule has 2 heterocycles. The van der Waals surface area contributed by atoms with Crippen molar-refractivity contribution in [1.82, 2.24) is 19.7 Å². The van der Waals surface area contributed by atoms with Gasteiger partial charge in [-0.3, -0.25) is 9.89 Å². The number of allylic oxidation sites excluding steroid dienone is 4. The molecule has 0 bridgehead atoms. The fourth-order valence-electron chi connectivity index (χ4n) is 3.16. The lowest BCUT2D eigenvalue weighted by Crippen LogP contribution is -2.21. The zero-order chi connectivity index (χ0) is 19.8. The first-order chi connectivity index (χ1) is 13.4. The van der Waals surface area contributed by atoms with E-state index in [9.17, 15) is 18.0 Å². The molecule has 0 spiro atoms. The van der Waals surface area contributed by atoms with E-state index in [0.717, 1.165) is 28.7 Å². The molecule has 6 nitrogen and oxygen atoms in total. The second-order valence-electron chi connectivity index (χ2n) is 6.67. The molecule has 1 aliphatic rings. The van der Waals surface area contributed by atoms with E-state index in [1.807, 2.05) is 19.1 Å². The molecule has 1 unspecified atom stereocenters. The van der Waals surface area contributed by atoms with Crippen LogP contribution >= 0.6 is 0 Å². The predicted molar refractivity (Wildman–Crippen MR) is 99.4 cm³/mol. The lowest BCUT2D eigenvalue weighted by atomic mass is 10.0. The van der Waals surface area contributed by atoms with Crippen LogP contribution in [0.15, 0.2) is 52.9 Å². The molecule has 3 aromatic rings. The Morgan fingerprint density at radius 1 is 1.36 bits per heavy atom. The van der Waals surface area contributed by atoms with Crippen LogP contribution in [-0.2, 0) is 6.54 Å². The Morgan fingerprint density at radius 3 is 2.96 bits per heavy atom. The number of hydrogen-bond acceptors (Lipinski definition) is 4. The topological polar surface area (TPSA) is 75.6 Å². The lowest BCUT2D eigenvalue weighted by molar-refractivity contribution is 0.380. The van der Waals surface area contributed by atoms with Crippen molar-refractivity contribution in [1.29, 1.82) is 0 Å². The number of fused-ring (bicyclic) bond motifs is 1. The fraction of sp³-hybridized carbons (Fsp3) is 0.211. The van der Waals surface area contributed by atoms with Gasteiger partial charge in [0.15, 0.2) is 0 Å².